The van der Waals surface area contributed by atoms with Crippen LogP contribution in [0.4, 0.5) is 5.69 Å². The van der Waals surface area contributed by atoms with E-state index in [0.29, 0.717) is 12.5 Å². The molecule has 0 aliphatic heterocycles. The van der Waals surface area contributed by atoms with Crippen molar-refractivity contribution in [3.05, 3.63) is 29.3 Å². The van der Waals surface area contributed by atoms with Gasteiger partial charge in [-0.2, -0.15) is 0 Å². The lowest BCUT2D eigenvalue weighted by atomic mass is 9.88. The van der Waals surface area contributed by atoms with Crippen LogP contribution >= 0.6 is 0 Å². The molecule has 1 N–H and O–H groups in total. The van der Waals surface area contributed by atoms with E-state index >= 15 is 0 Å². The van der Waals surface area contributed by atoms with Crippen molar-refractivity contribution >= 4 is 21.6 Å². The molecule has 5 nitrogen and oxygen atoms in total. The molecule has 2 rings (SSSR count). The van der Waals surface area contributed by atoms with Crippen LogP contribution in [-0.2, 0) is 14.8 Å². The first-order valence-corrected chi connectivity index (χ1v) is 10.7. The Labute approximate surface area is 151 Å². The van der Waals surface area contributed by atoms with E-state index in [9.17, 15) is 13.2 Å². The number of rotatable bonds is 6. The maximum Gasteiger partial charge on any atom is 0.243 e. The van der Waals surface area contributed by atoms with Crippen LogP contribution < -0.4 is 9.62 Å². The van der Waals surface area contributed by atoms with Gasteiger partial charge >= 0.3 is 0 Å². The highest BCUT2D eigenvalue weighted by Crippen LogP contribution is 2.24. The summed E-state index contributed by atoms with van der Waals surface area (Å²) < 4.78 is 27.6. The van der Waals surface area contributed by atoms with Gasteiger partial charge < -0.3 is 4.90 Å². The molecule has 1 saturated carbocycles. The number of amides is 1. The minimum Gasteiger partial charge on any atom is -0.312 e. The topological polar surface area (TPSA) is 66.5 Å². The molecule has 1 fully saturated rings. The predicted molar refractivity (Wildman–Crippen MR) is 102 cm³/mol. The Balaban J connectivity index is 2.05. The van der Waals surface area contributed by atoms with Crippen LogP contribution in [0.15, 0.2) is 18.2 Å². The summed E-state index contributed by atoms with van der Waals surface area (Å²) in [6.45, 7) is 8.43. The Bertz CT molecular complexity index is 707. The van der Waals surface area contributed by atoms with Crippen molar-refractivity contribution in [2.24, 2.45) is 5.92 Å². The Kier molecular flexibility index (Phi) is 6.63. The number of hydrogen-bond acceptors (Lipinski definition) is 3. The summed E-state index contributed by atoms with van der Waals surface area (Å²) in [5.41, 5.74) is 2.87. The fourth-order valence-corrected chi connectivity index (χ4v) is 4.81. The van der Waals surface area contributed by atoms with E-state index in [-0.39, 0.29) is 11.9 Å². The van der Waals surface area contributed by atoms with Crippen molar-refractivity contribution in [3.63, 3.8) is 0 Å². The van der Waals surface area contributed by atoms with E-state index < -0.39 is 15.8 Å². The Hall–Kier alpha value is -1.40. The van der Waals surface area contributed by atoms with Crippen molar-refractivity contribution in [2.75, 3.05) is 17.2 Å². The second kappa shape index (κ2) is 8.32. The highest BCUT2D eigenvalue weighted by Gasteiger charge is 2.27. The number of aryl methyl sites for hydroxylation is 2. The zero-order valence-corrected chi connectivity index (χ0v) is 16.5. The molecule has 0 spiro atoms. The first kappa shape index (κ1) is 19.9. The molecule has 0 unspecified atom stereocenters. The molecule has 0 radical (unpaired) electrons. The van der Waals surface area contributed by atoms with Gasteiger partial charge in [0.05, 0.1) is 0 Å². The molecule has 1 aromatic rings. The maximum atomic E-state index is 12.6. The molecule has 1 aromatic carbocycles. The molecule has 0 heterocycles. The summed E-state index contributed by atoms with van der Waals surface area (Å²) in [4.78, 5) is 14.2. The molecule has 25 heavy (non-hydrogen) atoms. The molecule has 0 bridgehead atoms. The largest absolute Gasteiger partial charge is 0.312 e. The SMILES string of the molecule is CCN(C(=O)CS(=O)(=O)NC1CCC(C)CC1)c1ccc(C)cc1C. The quantitative estimate of drug-likeness (QED) is 0.841. The maximum absolute atomic E-state index is 12.6. The molecule has 6 heteroatoms. The molecular weight excluding hydrogens is 336 g/mol. The lowest BCUT2D eigenvalue weighted by Crippen LogP contribution is -2.44. The van der Waals surface area contributed by atoms with Gasteiger partial charge in [-0.05, 0) is 64.0 Å². The van der Waals surface area contributed by atoms with Crippen LogP contribution in [0.25, 0.3) is 0 Å². The van der Waals surface area contributed by atoms with E-state index in [1.54, 1.807) is 4.90 Å². The highest BCUT2D eigenvalue weighted by molar-refractivity contribution is 7.90. The summed E-state index contributed by atoms with van der Waals surface area (Å²) in [5, 5.41) is 0. The number of sulfonamides is 1. The average molecular weight is 367 g/mol. The monoisotopic (exact) mass is 366 g/mol. The van der Waals surface area contributed by atoms with Crippen molar-refractivity contribution in [1.82, 2.24) is 4.72 Å². The smallest absolute Gasteiger partial charge is 0.243 e. The van der Waals surface area contributed by atoms with Crippen LogP contribution in [-0.4, -0.2) is 32.7 Å². The fourth-order valence-electron chi connectivity index (χ4n) is 3.50. The molecule has 0 saturated heterocycles. The number of hydrogen-bond donors (Lipinski definition) is 1. The molecule has 140 valence electrons. The van der Waals surface area contributed by atoms with E-state index in [0.717, 1.165) is 42.5 Å². The first-order chi connectivity index (χ1) is 11.7. The zero-order valence-electron chi connectivity index (χ0n) is 15.7. The first-order valence-electron chi connectivity index (χ1n) is 9.09. The van der Waals surface area contributed by atoms with Gasteiger partial charge in [-0.25, -0.2) is 13.1 Å². The third kappa shape index (κ3) is 5.54. The van der Waals surface area contributed by atoms with Gasteiger partial charge in [0.1, 0.15) is 5.75 Å². The molecule has 0 atom stereocenters. The second-order valence-corrected chi connectivity index (χ2v) is 9.02. The van der Waals surface area contributed by atoms with Crippen LogP contribution in [0.3, 0.4) is 0 Å². The van der Waals surface area contributed by atoms with E-state index in [1.165, 1.54) is 0 Å². The normalized spacial score (nSPS) is 21.1. The fraction of sp³-hybridized carbons (Fsp3) is 0.632. The summed E-state index contributed by atoms with van der Waals surface area (Å²) in [6, 6.07) is 5.79. The summed E-state index contributed by atoms with van der Waals surface area (Å²) >= 11 is 0. The highest BCUT2D eigenvalue weighted by atomic mass is 32.2. The minimum atomic E-state index is -3.62. The van der Waals surface area contributed by atoms with Gasteiger partial charge in [0.15, 0.2) is 0 Å². The van der Waals surface area contributed by atoms with Crippen molar-refractivity contribution in [2.45, 2.75) is 59.4 Å². The predicted octanol–water partition coefficient (Wildman–Crippen LogP) is 3.15. The Morgan fingerprint density at radius 1 is 1.20 bits per heavy atom. The minimum absolute atomic E-state index is 0.0369. The molecule has 1 aliphatic rings. The molecule has 1 aliphatic carbocycles. The number of anilines is 1. The third-order valence-corrected chi connectivity index (χ3v) is 6.26. The summed E-state index contributed by atoms with van der Waals surface area (Å²) in [6.07, 6.45) is 3.77. The standard InChI is InChI=1S/C19H30N2O3S/c1-5-21(18-11-8-15(3)12-16(18)4)19(22)13-25(23,24)20-17-9-6-14(2)7-10-17/h8,11-12,14,17,20H,5-7,9-10,13H2,1-4H3. The number of carbonyl (C=O) groups is 1. The van der Waals surface area contributed by atoms with Gasteiger partial charge in [0.25, 0.3) is 0 Å². The second-order valence-electron chi connectivity index (χ2n) is 7.26. The van der Waals surface area contributed by atoms with Gasteiger partial charge in [-0.3, -0.25) is 4.79 Å². The lowest BCUT2D eigenvalue weighted by Gasteiger charge is -2.27. The number of nitrogens with one attached hydrogen (secondary N) is 1. The van der Waals surface area contributed by atoms with Gasteiger partial charge in [0, 0.05) is 18.3 Å². The molecule has 1 amide bonds. The Morgan fingerprint density at radius 3 is 2.40 bits per heavy atom. The van der Waals surface area contributed by atoms with Gasteiger partial charge in [0.2, 0.25) is 15.9 Å². The van der Waals surface area contributed by atoms with E-state index in [2.05, 4.69) is 11.6 Å². The van der Waals surface area contributed by atoms with Crippen molar-refractivity contribution < 1.29 is 13.2 Å². The van der Waals surface area contributed by atoms with Crippen molar-refractivity contribution in [1.29, 1.82) is 0 Å². The molecule has 0 aromatic heterocycles. The third-order valence-electron chi connectivity index (χ3n) is 4.94. The van der Waals surface area contributed by atoms with Crippen LogP contribution in [0, 0.1) is 19.8 Å². The van der Waals surface area contributed by atoms with Crippen LogP contribution in [0.5, 0.6) is 0 Å². The lowest BCUT2D eigenvalue weighted by molar-refractivity contribution is -0.116. The van der Waals surface area contributed by atoms with Gasteiger partial charge in [-0.1, -0.05) is 24.6 Å². The number of nitrogens with zero attached hydrogens (tertiary/aromatic N) is 1. The zero-order chi connectivity index (χ0) is 18.6. The molecular formula is C19H30N2O3S. The van der Waals surface area contributed by atoms with Gasteiger partial charge in [-0.15, -0.1) is 0 Å². The summed E-state index contributed by atoms with van der Waals surface area (Å²) in [5.74, 6) is -0.228. The Morgan fingerprint density at radius 2 is 1.84 bits per heavy atom. The van der Waals surface area contributed by atoms with E-state index in [1.807, 2.05) is 39.0 Å². The number of carbonyl (C=O) groups excluding carboxylic acids is 1. The van der Waals surface area contributed by atoms with Crippen LogP contribution in [0.1, 0.15) is 50.7 Å². The van der Waals surface area contributed by atoms with E-state index in [4.69, 9.17) is 0 Å². The number of benzene rings is 1. The van der Waals surface area contributed by atoms with Crippen LogP contribution in [0.2, 0.25) is 0 Å². The van der Waals surface area contributed by atoms with Crippen molar-refractivity contribution in [3.8, 4) is 0 Å². The summed E-state index contributed by atoms with van der Waals surface area (Å²) in [7, 11) is -3.62. The average Bonchev–Trinajstić information content (AvgIpc) is 2.51.